The second-order valence-electron chi connectivity index (χ2n) is 6.93. The van der Waals surface area contributed by atoms with Crippen molar-refractivity contribution in [2.24, 2.45) is 0 Å². The van der Waals surface area contributed by atoms with E-state index < -0.39 is 6.10 Å². The van der Waals surface area contributed by atoms with Crippen molar-refractivity contribution in [2.45, 2.75) is 18.6 Å². The number of para-hydroxylation sites is 1. The van der Waals surface area contributed by atoms with Crippen molar-refractivity contribution < 1.29 is 5.11 Å². The number of likely N-dealkylation sites (N-methyl/N-ethyl adjacent to an activating group) is 1. The van der Waals surface area contributed by atoms with Gasteiger partial charge in [0.2, 0.25) is 5.95 Å². The third-order valence-corrected chi connectivity index (χ3v) is 5.29. The number of hydrogen-bond acceptors (Lipinski definition) is 7. The zero-order valence-electron chi connectivity index (χ0n) is 14.6. The maximum atomic E-state index is 10.7. The minimum absolute atomic E-state index is 0.228. The van der Waals surface area contributed by atoms with Crippen molar-refractivity contribution in [3.63, 3.8) is 0 Å². The van der Waals surface area contributed by atoms with Crippen LogP contribution in [0.5, 0.6) is 0 Å². The first-order chi connectivity index (χ1) is 12.2. The van der Waals surface area contributed by atoms with Crippen molar-refractivity contribution in [1.82, 2.24) is 30.0 Å². The smallest absolute Gasteiger partial charge is 0.250 e. The molecule has 8 heteroatoms. The second kappa shape index (κ2) is 7.07. The molecule has 2 fully saturated rings. The first-order valence-electron chi connectivity index (χ1n) is 8.92. The number of piperidine rings is 1. The Morgan fingerprint density at radius 3 is 2.52 bits per heavy atom. The van der Waals surface area contributed by atoms with E-state index in [9.17, 15) is 5.11 Å². The van der Waals surface area contributed by atoms with Gasteiger partial charge in [0.1, 0.15) is 0 Å². The summed E-state index contributed by atoms with van der Waals surface area (Å²) in [5.41, 5.74) is 0.929. The van der Waals surface area contributed by atoms with Gasteiger partial charge in [-0.05, 0) is 36.0 Å². The Labute approximate surface area is 147 Å². The quantitative estimate of drug-likeness (QED) is 0.831. The van der Waals surface area contributed by atoms with E-state index in [0.29, 0.717) is 12.5 Å². The van der Waals surface area contributed by atoms with Gasteiger partial charge in [-0.25, -0.2) is 0 Å². The highest BCUT2D eigenvalue weighted by Crippen LogP contribution is 2.23. The van der Waals surface area contributed by atoms with Gasteiger partial charge in [0, 0.05) is 45.3 Å². The summed E-state index contributed by atoms with van der Waals surface area (Å²) in [5.74, 6) is 0.696. The van der Waals surface area contributed by atoms with Crippen molar-refractivity contribution in [3.8, 4) is 5.69 Å². The standard InChI is InChI=1S/C17H25N7O/c1-21-9-11-22(12-10-21)15-7-8-23(13-16(15)25)17-18-19-20-24(17)14-5-3-2-4-6-14/h2-6,15-16,25H,7-13H2,1H3/t15-,16-/m1/s1. The molecule has 1 aromatic heterocycles. The maximum Gasteiger partial charge on any atom is 0.250 e. The Morgan fingerprint density at radius 2 is 1.80 bits per heavy atom. The van der Waals surface area contributed by atoms with Gasteiger partial charge in [-0.1, -0.05) is 23.3 Å². The van der Waals surface area contributed by atoms with Gasteiger partial charge in [-0.3, -0.25) is 4.90 Å². The lowest BCUT2D eigenvalue weighted by Gasteiger charge is -2.44. The highest BCUT2D eigenvalue weighted by atomic mass is 16.3. The molecule has 2 aliphatic rings. The average molecular weight is 343 g/mol. The van der Waals surface area contributed by atoms with E-state index in [0.717, 1.165) is 44.8 Å². The van der Waals surface area contributed by atoms with Crippen LogP contribution in [-0.2, 0) is 0 Å². The van der Waals surface area contributed by atoms with Crippen LogP contribution in [0.25, 0.3) is 5.69 Å². The minimum atomic E-state index is -0.391. The zero-order valence-corrected chi connectivity index (χ0v) is 14.6. The van der Waals surface area contributed by atoms with Crippen LogP contribution in [0, 0.1) is 0 Å². The molecule has 2 aromatic rings. The molecule has 2 aliphatic heterocycles. The molecule has 1 aromatic carbocycles. The fraction of sp³-hybridized carbons (Fsp3) is 0.588. The van der Waals surface area contributed by atoms with E-state index in [-0.39, 0.29) is 6.04 Å². The lowest BCUT2D eigenvalue weighted by Crippen LogP contribution is -2.58. The van der Waals surface area contributed by atoms with Crippen LogP contribution >= 0.6 is 0 Å². The molecule has 0 unspecified atom stereocenters. The van der Waals surface area contributed by atoms with E-state index in [1.54, 1.807) is 4.68 Å². The number of anilines is 1. The molecule has 0 radical (unpaired) electrons. The Kier molecular flexibility index (Phi) is 4.65. The zero-order chi connectivity index (χ0) is 17.2. The van der Waals surface area contributed by atoms with Crippen LogP contribution in [0.4, 0.5) is 5.95 Å². The number of piperazine rings is 1. The van der Waals surface area contributed by atoms with E-state index in [4.69, 9.17) is 0 Å². The molecule has 0 bridgehead atoms. The molecule has 3 heterocycles. The van der Waals surface area contributed by atoms with E-state index >= 15 is 0 Å². The fourth-order valence-electron chi connectivity index (χ4n) is 3.80. The molecule has 4 rings (SSSR count). The summed E-state index contributed by atoms with van der Waals surface area (Å²) in [5, 5.41) is 22.9. The van der Waals surface area contributed by atoms with Gasteiger partial charge in [0.15, 0.2) is 0 Å². The van der Waals surface area contributed by atoms with Crippen LogP contribution in [0.3, 0.4) is 0 Å². The average Bonchev–Trinajstić information content (AvgIpc) is 3.13. The van der Waals surface area contributed by atoms with Crippen molar-refractivity contribution in [3.05, 3.63) is 30.3 Å². The summed E-state index contributed by atoms with van der Waals surface area (Å²) in [7, 11) is 2.15. The summed E-state index contributed by atoms with van der Waals surface area (Å²) in [6.07, 6.45) is 0.532. The van der Waals surface area contributed by atoms with Gasteiger partial charge >= 0.3 is 0 Å². The third kappa shape index (κ3) is 3.37. The first kappa shape index (κ1) is 16.4. The predicted molar refractivity (Wildman–Crippen MR) is 94.8 cm³/mol. The van der Waals surface area contributed by atoms with Gasteiger partial charge < -0.3 is 14.9 Å². The van der Waals surface area contributed by atoms with Gasteiger partial charge in [0.25, 0.3) is 0 Å². The molecule has 1 N–H and O–H groups in total. The summed E-state index contributed by atoms with van der Waals surface area (Å²) in [6, 6.07) is 10.1. The normalized spacial score (nSPS) is 26.1. The molecular weight excluding hydrogens is 318 g/mol. The Balaban J connectivity index is 1.46. The van der Waals surface area contributed by atoms with Gasteiger partial charge in [-0.2, -0.15) is 4.68 Å². The van der Waals surface area contributed by atoms with E-state index in [2.05, 4.69) is 37.3 Å². The lowest BCUT2D eigenvalue weighted by atomic mass is 9.99. The Hall–Kier alpha value is -2.03. The number of aliphatic hydroxyl groups is 1. The molecule has 25 heavy (non-hydrogen) atoms. The largest absolute Gasteiger partial charge is 0.390 e. The molecule has 0 spiro atoms. The van der Waals surface area contributed by atoms with Crippen LogP contribution in [-0.4, -0.2) is 93.6 Å². The highest BCUT2D eigenvalue weighted by Gasteiger charge is 2.34. The Bertz CT molecular complexity index is 683. The van der Waals surface area contributed by atoms with Crippen LogP contribution < -0.4 is 4.90 Å². The van der Waals surface area contributed by atoms with E-state index in [1.165, 1.54) is 0 Å². The molecule has 0 saturated carbocycles. The molecular formula is C17H25N7O. The van der Waals surface area contributed by atoms with Gasteiger partial charge in [0.05, 0.1) is 11.8 Å². The van der Waals surface area contributed by atoms with Crippen molar-refractivity contribution in [2.75, 3.05) is 51.2 Å². The highest BCUT2D eigenvalue weighted by molar-refractivity contribution is 5.41. The van der Waals surface area contributed by atoms with Gasteiger partial charge in [-0.15, -0.1) is 0 Å². The van der Waals surface area contributed by atoms with Crippen LogP contribution in [0.15, 0.2) is 30.3 Å². The monoisotopic (exact) mass is 343 g/mol. The summed E-state index contributed by atoms with van der Waals surface area (Å²) >= 11 is 0. The molecule has 134 valence electrons. The predicted octanol–water partition coefficient (Wildman–Crippen LogP) is -0.151. The number of hydrogen-bond donors (Lipinski definition) is 1. The van der Waals surface area contributed by atoms with Crippen molar-refractivity contribution in [1.29, 1.82) is 0 Å². The lowest BCUT2D eigenvalue weighted by molar-refractivity contribution is 0.0136. The number of benzene rings is 1. The maximum absolute atomic E-state index is 10.7. The SMILES string of the molecule is CN1CCN([C@@H]2CCN(c3nnnn3-c3ccccc3)C[C@H]2O)CC1. The Morgan fingerprint density at radius 1 is 1.04 bits per heavy atom. The summed E-state index contributed by atoms with van der Waals surface area (Å²) in [4.78, 5) is 6.86. The first-order valence-corrected chi connectivity index (χ1v) is 8.92. The third-order valence-electron chi connectivity index (χ3n) is 5.29. The minimum Gasteiger partial charge on any atom is -0.390 e. The molecule has 0 amide bonds. The second-order valence-corrected chi connectivity index (χ2v) is 6.93. The molecule has 8 nitrogen and oxygen atoms in total. The number of aliphatic hydroxyl groups excluding tert-OH is 1. The van der Waals surface area contributed by atoms with Crippen LogP contribution in [0.1, 0.15) is 6.42 Å². The summed E-state index contributed by atoms with van der Waals surface area (Å²) < 4.78 is 1.74. The number of aromatic nitrogens is 4. The molecule has 2 saturated heterocycles. The molecule has 2 atom stereocenters. The number of nitrogens with zero attached hydrogens (tertiary/aromatic N) is 7. The molecule has 0 aliphatic carbocycles. The number of tetrazole rings is 1. The number of β-amino-alcohol motifs (C(OH)–C–C–N with tert-alkyl or cyclic N) is 1. The fourth-order valence-corrected chi connectivity index (χ4v) is 3.80. The topological polar surface area (TPSA) is 73.5 Å². The van der Waals surface area contributed by atoms with E-state index in [1.807, 2.05) is 30.3 Å². The van der Waals surface area contributed by atoms with Crippen LogP contribution in [0.2, 0.25) is 0 Å². The summed E-state index contributed by atoms with van der Waals surface area (Å²) in [6.45, 7) is 5.60. The van der Waals surface area contributed by atoms with Crippen molar-refractivity contribution >= 4 is 5.95 Å². The number of rotatable bonds is 3.